The Morgan fingerprint density at radius 3 is 2.38 bits per heavy atom. The molecule has 1 unspecified atom stereocenters. The summed E-state index contributed by atoms with van der Waals surface area (Å²) in [6.07, 6.45) is 1.27. The summed E-state index contributed by atoms with van der Waals surface area (Å²) in [6, 6.07) is 9.17. The molecule has 1 aliphatic heterocycles. The third-order valence-corrected chi connectivity index (χ3v) is 2.72. The van der Waals surface area contributed by atoms with Crippen LogP contribution < -0.4 is 0 Å². The molecule has 2 rings (SSSR count). The molecule has 0 radical (unpaired) electrons. The molecule has 0 aromatic heterocycles. The topological polar surface area (TPSA) is 43.4 Å². The predicted molar refractivity (Wildman–Crippen MR) is 58.7 cm³/mol. The summed E-state index contributed by atoms with van der Waals surface area (Å²) in [5.41, 5.74) is -0.296. The first-order valence-electron chi connectivity index (χ1n) is 5.05. The van der Waals surface area contributed by atoms with E-state index < -0.39 is 5.60 Å². The third kappa shape index (κ3) is 1.54. The minimum atomic E-state index is -1.05. The normalized spacial score (nSPS) is 23.9. The van der Waals surface area contributed by atoms with E-state index in [0.717, 1.165) is 5.56 Å². The molecule has 1 aliphatic rings. The van der Waals surface area contributed by atoms with Gasteiger partial charge in [0.25, 0.3) is 0 Å². The van der Waals surface area contributed by atoms with Gasteiger partial charge in [-0.2, -0.15) is 0 Å². The highest BCUT2D eigenvalue weighted by Gasteiger charge is 2.42. The van der Waals surface area contributed by atoms with E-state index in [2.05, 4.69) is 0 Å². The van der Waals surface area contributed by atoms with Crippen LogP contribution in [0, 0.1) is 0 Å². The van der Waals surface area contributed by atoms with Gasteiger partial charge in [-0.25, -0.2) is 0 Å². The van der Waals surface area contributed by atoms with Crippen LogP contribution in [0.25, 0.3) is 0 Å². The van der Waals surface area contributed by atoms with Crippen LogP contribution in [-0.4, -0.2) is 11.6 Å². The zero-order chi connectivity index (χ0) is 11.8. The Balaban J connectivity index is 2.38. The van der Waals surface area contributed by atoms with Crippen LogP contribution in [0.5, 0.6) is 0 Å². The van der Waals surface area contributed by atoms with Crippen LogP contribution in [0.1, 0.15) is 19.4 Å². The van der Waals surface area contributed by atoms with E-state index in [9.17, 15) is 9.59 Å². The van der Waals surface area contributed by atoms with Gasteiger partial charge in [0.1, 0.15) is 0 Å². The van der Waals surface area contributed by atoms with Crippen molar-refractivity contribution in [3.8, 4) is 0 Å². The second-order valence-corrected chi connectivity index (χ2v) is 3.93. The van der Waals surface area contributed by atoms with E-state index >= 15 is 0 Å². The van der Waals surface area contributed by atoms with Crippen LogP contribution in [0.15, 0.2) is 42.2 Å². The molecule has 3 nitrogen and oxygen atoms in total. The zero-order valence-corrected chi connectivity index (χ0v) is 9.19. The summed E-state index contributed by atoms with van der Waals surface area (Å²) in [5, 5.41) is 0. The van der Waals surface area contributed by atoms with Crippen molar-refractivity contribution >= 4 is 11.6 Å². The molecule has 0 spiro atoms. The Labute approximate surface area is 93.7 Å². The Kier molecular flexibility index (Phi) is 2.38. The van der Waals surface area contributed by atoms with Crippen LogP contribution in [0.4, 0.5) is 0 Å². The quantitative estimate of drug-likeness (QED) is 0.759. The van der Waals surface area contributed by atoms with Gasteiger partial charge in [-0.1, -0.05) is 30.3 Å². The van der Waals surface area contributed by atoms with Gasteiger partial charge in [0, 0.05) is 18.6 Å². The molecule has 1 heterocycles. The minimum absolute atomic E-state index is 0.136. The lowest BCUT2D eigenvalue weighted by Gasteiger charge is -2.23. The molecule has 0 fully saturated rings. The van der Waals surface area contributed by atoms with Crippen molar-refractivity contribution in [2.24, 2.45) is 0 Å². The summed E-state index contributed by atoms with van der Waals surface area (Å²) < 4.78 is 5.47. The number of ether oxygens (including phenoxy) is 1. The fourth-order valence-electron chi connectivity index (χ4n) is 1.69. The molecule has 0 saturated heterocycles. The van der Waals surface area contributed by atoms with Gasteiger partial charge in [-0.15, -0.1) is 0 Å². The highest BCUT2D eigenvalue weighted by molar-refractivity contribution is 6.07. The SMILES string of the molecule is CC(=O)C1=CC(=O)C(C)(c2ccccc2)O1. The molecule has 0 aliphatic carbocycles. The number of carbonyl (C=O) groups is 2. The second kappa shape index (κ2) is 3.59. The van der Waals surface area contributed by atoms with Crippen LogP contribution >= 0.6 is 0 Å². The fraction of sp³-hybridized carbons (Fsp3) is 0.231. The molecule has 0 bridgehead atoms. The average Bonchev–Trinajstić information content (AvgIpc) is 2.58. The summed E-state index contributed by atoms with van der Waals surface area (Å²) in [4.78, 5) is 23.0. The Morgan fingerprint density at radius 2 is 1.88 bits per heavy atom. The van der Waals surface area contributed by atoms with Crippen LogP contribution in [0.2, 0.25) is 0 Å². The van der Waals surface area contributed by atoms with Gasteiger partial charge in [0.2, 0.25) is 5.78 Å². The molecule has 82 valence electrons. The van der Waals surface area contributed by atoms with Gasteiger partial charge < -0.3 is 4.74 Å². The van der Waals surface area contributed by atoms with Gasteiger partial charge in [0.05, 0.1) is 0 Å². The van der Waals surface area contributed by atoms with Crippen molar-refractivity contribution < 1.29 is 14.3 Å². The van der Waals surface area contributed by atoms with Gasteiger partial charge in [0.15, 0.2) is 17.1 Å². The summed E-state index contributed by atoms with van der Waals surface area (Å²) >= 11 is 0. The number of carbonyl (C=O) groups excluding carboxylic acids is 2. The number of hydrogen-bond donors (Lipinski definition) is 0. The lowest BCUT2D eigenvalue weighted by atomic mass is 9.92. The molecule has 0 amide bonds. The standard InChI is InChI=1S/C13H12O3/c1-9(14)11-8-12(15)13(2,16-11)10-6-4-3-5-7-10/h3-8H,1-2H3. The monoisotopic (exact) mass is 216 g/mol. The molecule has 1 aromatic carbocycles. The van der Waals surface area contributed by atoms with Crippen LogP contribution in [0.3, 0.4) is 0 Å². The van der Waals surface area contributed by atoms with E-state index in [0.29, 0.717) is 0 Å². The summed E-state index contributed by atoms with van der Waals surface area (Å²) in [7, 11) is 0. The maximum atomic E-state index is 11.9. The minimum Gasteiger partial charge on any atom is -0.471 e. The van der Waals surface area contributed by atoms with Crippen molar-refractivity contribution in [3.05, 3.63) is 47.7 Å². The predicted octanol–water partition coefficient (Wildman–Crippen LogP) is 1.97. The molecule has 3 heteroatoms. The van der Waals surface area contributed by atoms with E-state index in [4.69, 9.17) is 4.74 Å². The lowest BCUT2D eigenvalue weighted by Crippen LogP contribution is -2.29. The Hall–Kier alpha value is -1.90. The lowest BCUT2D eigenvalue weighted by molar-refractivity contribution is -0.131. The van der Waals surface area contributed by atoms with E-state index in [1.807, 2.05) is 30.3 Å². The first-order chi connectivity index (χ1) is 7.54. The maximum Gasteiger partial charge on any atom is 0.207 e. The van der Waals surface area contributed by atoms with Crippen molar-refractivity contribution in [2.45, 2.75) is 19.4 Å². The van der Waals surface area contributed by atoms with Crippen molar-refractivity contribution in [2.75, 3.05) is 0 Å². The molecule has 16 heavy (non-hydrogen) atoms. The highest BCUT2D eigenvalue weighted by atomic mass is 16.5. The third-order valence-electron chi connectivity index (χ3n) is 2.72. The molecule has 0 N–H and O–H groups in total. The molecular formula is C13H12O3. The van der Waals surface area contributed by atoms with Crippen molar-refractivity contribution in [1.29, 1.82) is 0 Å². The van der Waals surface area contributed by atoms with Crippen molar-refractivity contribution in [1.82, 2.24) is 0 Å². The number of ketones is 2. The molecule has 1 aromatic rings. The maximum absolute atomic E-state index is 11.9. The smallest absolute Gasteiger partial charge is 0.207 e. The van der Waals surface area contributed by atoms with Crippen LogP contribution in [-0.2, 0) is 19.9 Å². The second-order valence-electron chi connectivity index (χ2n) is 3.93. The highest BCUT2D eigenvalue weighted by Crippen LogP contribution is 2.34. The summed E-state index contributed by atoms with van der Waals surface area (Å²) in [5.74, 6) is -0.284. The zero-order valence-electron chi connectivity index (χ0n) is 9.19. The van der Waals surface area contributed by atoms with Gasteiger partial charge in [-0.05, 0) is 6.92 Å². The number of allylic oxidation sites excluding steroid dienone is 1. The number of benzene rings is 1. The largest absolute Gasteiger partial charge is 0.471 e. The number of hydrogen-bond acceptors (Lipinski definition) is 3. The number of rotatable bonds is 2. The molecule has 1 atom stereocenters. The Morgan fingerprint density at radius 1 is 1.25 bits per heavy atom. The number of Topliss-reactive ketones (excluding diaryl/α,β-unsaturated/α-hetero) is 1. The van der Waals surface area contributed by atoms with E-state index in [1.54, 1.807) is 6.92 Å². The first-order valence-corrected chi connectivity index (χ1v) is 5.05. The average molecular weight is 216 g/mol. The van der Waals surface area contributed by atoms with Crippen molar-refractivity contribution in [3.63, 3.8) is 0 Å². The Bertz CT molecular complexity index is 473. The molecular weight excluding hydrogens is 204 g/mol. The molecule has 0 saturated carbocycles. The van der Waals surface area contributed by atoms with Gasteiger partial charge in [-0.3, -0.25) is 9.59 Å². The van der Waals surface area contributed by atoms with E-state index in [-0.39, 0.29) is 17.3 Å². The van der Waals surface area contributed by atoms with Gasteiger partial charge >= 0.3 is 0 Å². The first kappa shape index (κ1) is 10.6. The fourth-order valence-corrected chi connectivity index (χ4v) is 1.69. The van der Waals surface area contributed by atoms with E-state index in [1.165, 1.54) is 13.0 Å². The summed E-state index contributed by atoms with van der Waals surface area (Å²) in [6.45, 7) is 3.06.